The smallest absolute Gasteiger partial charge is 0.242 e. The van der Waals surface area contributed by atoms with Gasteiger partial charge in [-0.3, -0.25) is 9.59 Å². The van der Waals surface area contributed by atoms with Crippen LogP contribution in [0.2, 0.25) is 0 Å². The van der Waals surface area contributed by atoms with E-state index < -0.39 is 11.9 Å². The minimum atomic E-state index is -0.757. The first-order valence-corrected chi connectivity index (χ1v) is 10.4. The summed E-state index contributed by atoms with van der Waals surface area (Å²) >= 11 is 0. The monoisotopic (exact) mass is 434 g/mol. The number of ether oxygens (including phenoxy) is 1. The van der Waals surface area contributed by atoms with Crippen LogP contribution in [0.25, 0.3) is 0 Å². The molecule has 0 unspecified atom stereocenters. The molecule has 166 valence electrons. The summed E-state index contributed by atoms with van der Waals surface area (Å²) in [4.78, 5) is 27.8. The van der Waals surface area contributed by atoms with E-state index >= 15 is 0 Å². The first-order chi connectivity index (χ1) is 15.5. The second-order valence-electron chi connectivity index (χ2n) is 7.46. The van der Waals surface area contributed by atoms with Crippen molar-refractivity contribution in [3.63, 3.8) is 0 Å². The predicted molar refractivity (Wildman–Crippen MR) is 122 cm³/mol. The number of carbonyl (C=O) groups is 2. The average molecular weight is 435 g/mol. The van der Waals surface area contributed by atoms with Crippen LogP contribution in [-0.2, 0) is 29.0 Å². The summed E-state index contributed by atoms with van der Waals surface area (Å²) in [5, 5.41) is 2.67. The number of benzene rings is 3. The van der Waals surface area contributed by atoms with Gasteiger partial charge in [0.25, 0.3) is 0 Å². The normalized spacial score (nSPS) is 11.5. The molecule has 3 aromatic carbocycles. The number of hydrogen-bond acceptors (Lipinski definition) is 3. The zero-order valence-corrected chi connectivity index (χ0v) is 18.3. The van der Waals surface area contributed by atoms with Gasteiger partial charge in [0.15, 0.2) is 0 Å². The first-order valence-electron chi connectivity index (χ1n) is 10.4. The van der Waals surface area contributed by atoms with Crippen molar-refractivity contribution >= 4 is 11.8 Å². The highest BCUT2D eigenvalue weighted by Crippen LogP contribution is 2.20. The molecule has 0 bridgehead atoms. The molecule has 1 N–H and O–H groups in total. The van der Waals surface area contributed by atoms with Crippen LogP contribution in [0.4, 0.5) is 4.39 Å². The van der Waals surface area contributed by atoms with E-state index in [1.54, 1.807) is 32.4 Å². The van der Waals surface area contributed by atoms with E-state index in [4.69, 9.17) is 4.74 Å². The Bertz CT molecular complexity index is 1060. The summed E-state index contributed by atoms with van der Waals surface area (Å²) in [5.74, 6) is -0.397. The van der Waals surface area contributed by atoms with Crippen molar-refractivity contribution in [2.45, 2.75) is 25.4 Å². The largest absolute Gasteiger partial charge is 0.497 e. The SMILES string of the molecule is CNC(=O)[C@@H](Cc1ccccc1)N(Cc1cccc(OC)c1)C(=O)Cc1ccccc1F. The molecule has 0 aliphatic heterocycles. The number of likely N-dealkylation sites (N-methyl/N-ethyl adjacent to an activating group) is 1. The van der Waals surface area contributed by atoms with Gasteiger partial charge in [-0.1, -0.05) is 60.7 Å². The van der Waals surface area contributed by atoms with Gasteiger partial charge in [0.1, 0.15) is 17.6 Å². The fourth-order valence-corrected chi connectivity index (χ4v) is 3.59. The zero-order valence-electron chi connectivity index (χ0n) is 18.3. The minimum Gasteiger partial charge on any atom is -0.497 e. The quantitative estimate of drug-likeness (QED) is 0.558. The molecule has 0 heterocycles. The second-order valence-corrected chi connectivity index (χ2v) is 7.46. The molecule has 0 aliphatic carbocycles. The van der Waals surface area contributed by atoms with Crippen molar-refractivity contribution < 1.29 is 18.7 Å². The molecule has 0 saturated heterocycles. The Morgan fingerprint density at radius 3 is 2.34 bits per heavy atom. The molecule has 0 fully saturated rings. The van der Waals surface area contributed by atoms with Crippen molar-refractivity contribution in [1.82, 2.24) is 10.2 Å². The fraction of sp³-hybridized carbons (Fsp3) is 0.231. The first kappa shape index (κ1) is 23.0. The van der Waals surface area contributed by atoms with Crippen molar-refractivity contribution in [3.8, 4) is 5.75 Å². The van der Waals surface area contributed by atoms with Crippen LogP contribution in [0.5, 0.6) is 5.75 Å². The van der Waals surface area contributed by atoms with Crippen molar-refractivity contribution in [1.29, 1.82) is 0 Å². The lowest BCUT2D eigenvalue weighted by atomic mass is 10.0. The standard InChI is InChI=1S/C26H27FN2O3/c1-28-26(31)24(16-19-9-4-3-5-10-19)29(18-20-11-8-13-22(15-20)32-2)25(30)17-21-12-6-7-14-23(21)27/h3-15,24H,16-18H2,1-2H3,(H,28,31)/t24-/m1/s1. The molecule has 0 saturated carbocycles. The Labute approximate surface area is 187 Å². The number of halogens is 1. The maximum absolute atomic E-state index is 14.2. The summed E-state index contributed by atoms with van der Waals surface area (Å²) in [6, 6.07) is 22.3. The summed E-state index contributed by atoms with van der Waals surface area (Å²) < 4.78 is 19.5. The summed E-state index contributed by atoms with van der Waals surface area (Å²) in [6.07, 6.45) is 0.201. The van der Waals surface area contributed by atoms with E-state index in [9.17, 15) is 14.0 Å². The van der Waals surface area contributed by atoms with Gasteiger partial charge < -0.3 is 15.0 Å². The Kier molecular flexibility index (Phi) is 7.97. The molecular formula is C26H27FN2O3. The highest BCUT2D eigenvalue weighted by atomic mass is 19.1. The third kappa shape index (κ3) is 5.94. The van der Waals surface area contributed by atoms with Crippen LogP contribution >= 0.6 is 0 Å². The second kappa shape index (κ2) is 11.1. The zero-order chi connectivity index (χ0) is 22.9. The average Bonchev–Trinajstić information content (AvgIpc) is 2.83. The van der Waals surface area contributed by atoms with Crippen LogP contribution in [0, 0.1) is 5.82 Å². The number of amides is 2. The topological polar surface area (TPSA) is 58.6 Å². The van der Waals surface area contributed by atoms with Gasteiger partial charge in [-0.05, 0) is 34.9 Å². The van der Waals surface area contributed by atoms with Crippen LogP contribution in [0.1, 0.15) is 16.7 Å². The van der Waals surface area contributed by atoms with Crippen molar-refractivity contribution in [2.75, 3.05) is 14.2 Å². The lowest BCUT2D eigenvalue weighted by Gasteiger charge is -2.31. The number of carbonyl (C=O) groups excluding carboxylic acids is 2. The van der Waals surface area contributed by atoms with Gasteiger partial charge in [0.2, 0.25) is 11.8 Å². The Hall–Kier alpha value is -3.67. The third-order valence-corrected chi connectivity index (χ3v) is 5.30. The number of hydrogen-bond donors (Lipinski definition) is 1. The molecule has 32 heavy (non-hydrogen) atoms. The lowest BCUT2D eigenvalue weighted by molar-refractivity contribution is -0.140. The Morgan fingerprint density at radius 2 is 1.66 bits per heavy atom. The van der Waals surface area contributed by atoms with Gasteiger partial charge in [0, 0.05) is 20.0 Å². The maximum Gasteiger partial charge on any atom is 0.242 e. The summed E-state index contributed by atoms with van der Waals surface area (Å²) in [7, 11) is 3.12. The molecule has 5 nitrogen and oxygen atoms in total. The molecule has 0 spiro atoms. The third-order valence-electron chi connectivity index (χ3n) is 5.30. The highest BCUT2D eigenvalue weighted by Gasteiger charge is 2.30. The van der Waals surface area contributed by atoms with E-state index in [0.717, 1.165) is 11.1 Å². The van der Waals surface area contributed by atoms with Gasteiger partial charge >= 0.3 is 0 Å². The Morgan fingerprint density at radius 1 is 0.969 bits per heavy atom. The van der Waals surface area contributed by atoms with Gasteiger partial charge in [0.05, 0.1) is 13.5 Å². The van der Waals surface area contributed by atoms with E-state index in [-0.39, 0.29) is 24.8 Å². The minimum absolute atomic E-state index is 0.140. The van der Waals surface area contributed by atoms with E-state index in [1.165, 1.54) is 11.0 Å². The molecule has 0 radical (unpaired) electrons. The fourth-order valence-electron chi connectivity index (χ4n) is 3.59. The number of rotatable bonds is 9. The van der Waals surface area contributed by atoms with E-state index in [0.29, 0.717) is 17.7 Å². The molecule has 3 aromatic rings. The van der Waals surface area contributed by atoms with E-state index in [2.05, 4.69) is 5.32 Å². The van der Waals surface area contributed by atoms with Gasteiger partial charge in [-0.25, -0.2) is 4.39 Å². The van der Waals surface area contributed by atoms with Crippen LogP contribution < -0.4 is 10.1 Å². The van der Waals surface area contributed by atoms with Gasteiger partial charge in [-0.2, -0.15) is 0 Å². The Balaban J connectivity index is 1.96. The molecule has 3 rings (SSSR count). The van der Waals surface area contributed by atoms with E-state index in [1.807, 2.05) is 54.6 Å². The maximum atomic E-state index is 14.2. The predicted octanol–water partition coefficient (Wildman–Crippen LogP) is 3.76. The highest BCUT2D eigenvalue weighted by molar-refractivity contribution is 5.88. The van der Waals surface area contributed by atoms with Crippen molar-refractivity contribution in [3.05, 3.63) is 101 Å². The summed E-state index contributed by atoms with van der Waals surface area (Å²) in [5.41, 5.74) is 2.03. The lowest BCUT2D eigenvalue weighted by Crippen LogP contribution is -2.50. The molecule has 1 atom stereocenters. The molecule has 6 heteroatoms. The number of nitrogens with zero attached hydrogens (tertiary/aromatic N) is 1. The van der Waals surface area contributed by atoms with Crippen LogP contribution in [-0.4, -0.2) is 36.9 Å². The van der Waals surface area contributed by atoms with Crippen LogP contribution in [0.15, 0.2) is 78.9 Å². The molecule has 0 aromatic heterocycles. The number of methoxy groups -OCH3 is 1. The molecular weight excluding hydrogens is 407 g/mol. The molecule has 2 amide bonds. The number of nitrogens with one attached hydrogen (secondary N) is 1. The molecule has 0 aliphatic rings. The van der Waals surface area contributed by atoms with Gasteiger partial charge in [-0.15, -0.1) is 0 Å². The summed E-state index contributed by atoms with van der Waals surface area (Å²) in [6.45, 7) is 0.190. The van der Waals surface area contributed by atoms with Crippen molar-refractivity contribution in [2.24, 2.45) is 0 Å². The van der Waals surface area contributed by atoms with Crippen LogP contribution in [0.3, 0.4) is 0 Å².